The molecule has 96 valence electrons. The molecule has 4 nitrogen and oxygen atoms in total. The maximum Gasteiger partial charge on any atom is 0.132 e. The van der Waals surface area contributed by atoms with Crippen molar-refractivity contribution in [2.24, 2.45) is 7.05 Å². The van der Waals surface area contributed by atoms with Crippen molar-refractivity contribution in [2.75, 3.05) is 14.2 Å². The molecule has 2 aromatic rings. The van der Waals surface area contributed by atoms with E-state index in [1.54, 1.807) is 14.2 Å². The smallest absolute Gasteiger partial charge is 0.132 e. The molecule has 0 atom stereocenters. The minimum atomic E-state index is 0.762. The molecule has 1 heterocycles. The van der Waals surface area contributed by atoms with Gasteiger partial charge in [0.2, 0.25) is 0 Å². The molecule has 0 aliphatic rings. The number of nitrogens with zero attached hydrogens (tertiary/aromatic N) is 2. The van der Waals surface area contributed by atoms with Crippen LogP contribution < -0.4 is 9.47 Å². The number of aryl methyl sites for hydroxylation is 1. The number of hydrogen-bond donors (Lipinski definition) is 0. The van der Waals surface area contributed by atoms with Gasteiger partial charge in [-0.3, -0.25) is 0 Å². The number of aromatic nitrogens is 2. The van der Waals surface area contributed by atoms with Crippen molar-refractivity contribution in [3.8, 4) is 22.8 Å². The van der Waals surface area contributed by atoms with Gasteiger partial charge in [0.25, 0.3) is 0 Å². The second-order valence-electron chi connectivity index (χ2n) is 3.92. The standard InChI is InChI=1S/C13H15BrN2O2/c1-8-15-13(14)12(16(8)2)10-6-5-9(17-3)7-11(10)18-4/h5-7H,1-4H3. The van der Waals surface area contributed by atoms with E-state index in [1.807, 2.05) is 36.7 Å². The van der Waals surface area contributed by atoms with Crippen LogP contribution in [0.25, 0.3) is 11.3 Å². The SMILES string of the molecule is COc1ccc(-c2c(Br)nc(C)n2C)c(OC)c1. The van der Waals surface area contributed by atoms with Crippen LogP contribution in [0.1, 0.15) is 5.82 Å². The van der Waals surface area contributed by atoms with E-state index in [1.165, 1.54) is 0 Å². The normalized spacial score (nSPS) is 10.5. The number of rotatable bonds is 3. The largest absolute Gasteiger partial charge is 0.497 e. The van der Waals surface area contributed by atoms with Crippen molar-refractivity contribution in [1.82, 2.24) is 9.55 Å². The van der Waals surface area contributed by atoms with Gasteiger partial charge in [0.05, 0.1) is 19.9 Å². The predicted molar refractivity (Wildman–Crippen MR) is 74.2 cm³/mol. The highest BCUT2D eigenvalue weighted by atomic mass is 79.9. The van der Waals surface area contributed by atoms with Crippen LogP contribution in [-0.2, 0) is 7.05 Å². The Balaban J connectivity index is 2.63. The minimum absolute atomic E-state index is 0.762. The summed E-state index contributed by atoms with van der Waals surface area (Å²) in [6.07, 6.45) is 0. The highest BCUT2D eigenvalue weighted by molar-refractivity contribution is 9.10. The summed E-state index contributed by atoms with van der Waals surface area (Å²) in [4.78, 5) is 4.40. The average Bonchev–Trinajstić information content (AvgIpc) is 2.62. The van der Waals surface area contributed by atoms with Gasteiger partial charge in [-0.2, -0.15) is 0 Å². The number of methoxy groups -OCH3 is 2. The molecule has 0 unspecified atom stereocenters. The summed E-state index contributed by atoms with van der Waals surface area (Å²) in [7, 11) is 5.26. The molecule has 2 rings (SSSR count). The third-order valence-electron chi connectivity index (χ3n) is 2.94. The van der Waals surface area contributed by atoms with E-state index < -0.39 is 0 Å². The third kappa shape index (κ3) is 2.10. The minimum Gasteiger partial charge on any atom is -0.497 e. The zero-order valence-electron chi connectivity index (χ0n) is 10.8. The number of imidazole rings is 1. The molecule has 0 radical (unpaired) electrons. The molecular weight excluding hydrogens is 296 g/mol. The summed E-state index contributed by atoms with van der Waals surface area (Å²) in [5.74, 6) is 2.47. The molecule has 0 saturated carbocycles. The molecule has 0 spiro atoms. The van der Waals surface area contributed by atoms with E-state index in [0.717, 1.165) is 33.2 Å². The van der Waals surface area contributed by atoms with Gasteiger partial charge in [-0.1, -0.05) is 0 Å². The van der Waals surface area contributed by atoms with E-state index in [-0.39, 0.29) is 0 Å². The molecule has 0 N–H and O–H groups in total. The molecule has 0 fully saturated rings. The maximum absolute atomic E-state index is 5.42. The van der Waals surface area contributed by atoms with Crippen LogP contribution in [0.3, 0.4) is 0 Å². The fraction of sp³-hybridized carbons (Fsp3) is 0.308. The molecular formula is C13H15BrN2O2. The highest BCUT2D eigenvalue weighted by Gasteiger charge is 2.16. The lowest BCUT2D eigenvalue weighted by molar-refractivity contribution is 0.395. The van der Waals surface area contributed by atoms with Gasteiger partial charge in [-0.15, -0.1) is 0 Å². The van der Waals surface area contributed by atoms with Crippen LogP contribution in [-0.4, -0.2) is 23.8 Å². The third-order valence-corrected chi connectivity index (χ3v) is 3.49. The lowest BCUT2D eigenvalue weighted by Gasteiger charge is -2.11. The van der Waals surface area contributed by atoms with E-state index in [0.29, 0.717) is 0 Å². The number of ether oxygens (including phenoxy) is 2. The maximum atomic E-state index is 5.42. The van der Waals surface area contributed by atoms with Crippen LogP contribution in [0.5, 0.6) is 11.5 Å². The van der Waals surface area contributed by atoms with Gasteiger partial charge in [0.1, 0.15) is 21.9 Å². The summed E-state index contributed by atoms with van der Waals surface area (Å²) in [6.45, 7) is 1.96. The van der Waals surface area contributed by atoms with Crippen molar-refractivity contribution in [2.45, 2.75) is 6.92 Å². The first-order chi connectivity index (χ1) is 8.58. The second-order valence-corrected chi connectivity index (χ2v) is 4.67. The molecule has 0 aliphatic heterocycles. The average molecular weight is 311 g/mol. The Morgan fingerprint density at radius 1 is 1.22 bits per heavy atom. The summed E-state index contributed by atoms with van der Waals surface area (Å²) in [5.41, 5.74) is 1.97. The summed E-state index contributed by atoms with van der Waals surface area (Å²) < 4.78 is 13.5. The topological polar surface area (TPSA) is 36.3 Å². The molecule has 1 aromatic heterocycles. The Bertz CT molecular complexity index is 579. The van der Waals surface area contributed by atoms with Crippen molar-refractivity contribution in [3.05, 3.63) is 28.6 Å². The summed E-state index contributed by atoms with van der Waals surface area (Å²) in [6, 6.07) is 5.75. The molecule has 5 heteroatoms. The summed E-state index contributed by atoms with van der Waals surface area (Å²) in [5, 5.41) is 0. The van der Waals surface area contributed by atoms with Gasteiger partial charge in [0.15, 0.2) is 0 Å². The Morgan fingerprint density at radius 2 is 1.94 bits per heavy atom. The van der Waals surface area contributed by atoms with E-state index in [2.05, 4.69) is 20.9 Å². The Hall–Kier alpha value is -1.49. The van der Waals surface area contributed by atoms with E-state index >= 15 is 0 Å². The van der Waals surface area contributed by atoms with Gasteiger partial charge in [-0.05, 0) is 35.0 Å². The van der Waals surface area contributed by atoms with Crippen LogP contribution >= 0.6 is 15.9 Å². The Morgan fingerprint density at radius 3 is 2.44 bits per heavy atom. The fourth-order valence-corrected chi connectivity index (χ4v) is 2.59. The summed E-state index contributed by atoms with van der Waals surface area (Å²) >= 11 is 3.48. The quantitative estimate of drug-likeness (QED) is 0.873. The van der Waals surface area contributed by atoms with Gasteiger partial charge < -0.3 is 14.0 Å². The number of hydrogen-bond acceptors (Lipinski definition) is 3. The van der Waals surface area contributed by atoms with Gasteiger partial charge >= 0.3 is 0 Å². The van der Waals surface area contributed by atoms with Crippen LogP contribution in [0.15, 0.2) is 22.8 Å². The first-order valence-electron chi connectivity index (χ1n) is 5.49. The molecule has 0 bridgehead atoms. The zero-order valence-corrected chi connectivity index (χ0v) is 12.4. The van der Waals surface area contributed by atoms with Gasteiger partial charge in [-0.25, -0.2) is 4.98 Å². The number of halogens is 1. The monoisotopic (exact) mass is 310 g/mol. The van der Waals surface area contributed by atoms with E-state index in [4.69, 9.17) is 9.47 Å². The van der Waals surface area contributed by atoms with Crippen molar-refractivity contribution < 1.29 is 9.47 Å². The Kier molecular flexibility index (Phi) is 3.61. The zero-order chi connectivity index (χ0) is 13.3. The van der Waals surface area contributed by atoms with Crippen LogP contribution in [0, 0.1) is 6.92 Å². The van der Waals surface area contributed by atoms with Gasteiger partial charge in [0, 0.05) is 18.7 Å². The van der Waals surface area contributed by atoms with Crippen molar-refractivity contribution >= 4 is 15.9 Å². The lowest BCUT2D eigenvalue weighted by Crippen LogP contribution is -1.97. The van der Waals surface area contributed by atoms with Crippen molar-refractivity contribution in [1.29, 1.82) is 0 Å². The molecule has 18 heavy (non-hydrogen) atoms. The highest BCUT2D eigenvalue weighted by Crippen LogP contribution is 2.37. The number of benzene rings is 1. The predicted octanol–water partition coefficient (Wildman–Crippen LogP) is 3.18. The lowest BCUT2D eigenvalue weighted by atomic mass is 10.1. The van der Waals surface area contributed by atoms with E-state index in [9.17, 15) is 0 Å². The molecule has 0 aliphatic carbocycles. The Labute approximate surface area is 115 Å². The van der Waals surface area contributed by atoms with Crippen molar-refractivity contribution in [3.63, 3.8) is 0 Å². The fourth-order valence-electron chi connectivity index (χ4n) is 1.86. The molecule has 1 aromatic carbocycles. The first-order valence-corrected chi connectivity index (χ1v) is 6.29. The molecule has 0 saturated heterocycles. The molecule has 0 amide bonds. The second kappa shape index (κ2) is 5.02. The van der Waals surface area contributed by atoms with Crippen LogP contribution in [0.2, 0.25) is 0 Å². The first kappa shape index (κ1) is 13.0. The van der Waals surface area contributed by atoms with Crippen LogP contribution in [0.4, 0.5) is 0 Å².